The Kier molecular flexibility index (Phi) is 3.33. The summed E-state index contributed by atoms with van der Waals surface area (Å²) < 4.78 is 3.42. The highest BCUT2D eigenvalue weighted by molar-refractivity contribution is 6.10. The number of carbonyl (C=O) groups is 1. The zero-order valence-electron chi connectivity index (χ0n) is 14.5. The molecule has 0 N–H and O–H groups in total. The molecule has 0 saturated carbocycles. The summed E-state index contributed by atoms with van der Waals surface area (Å²) in [6.45, 7) is 0.375. The number of nitro benzene ring substituents is 1. The molecule has 1 aliphatic heterocycles. The average Bonchev–Trinajstić information content (AvgIpc) is 3.28. The molecule has 0 spiro atoms. The molecular weight excluding hydrogens is 358 g/mol. The molecule has 0 bridgehead atoms. The molecule has 2 aromatic heterocycles. The second-order valence-corrected chi connectivity index (χ2v) is 6.65. The van der Waals surface area contributed by atoms with Crippen molar-refractivity contribution in [3.8, 4) is 11.4 Å². The minimum absolute atomic E-state index is 0.0165. The predicted octanol–water partition coefficient (Wildman–Crippen LogP) is 3.43. The van der Waals surface area contributed by atoms with E-state index in [1.54, 1.807) is 36.5 Å². The van der Waals surface area contributed by atoms with Gasteiger partial charge in [0, 0.05) is 30.3 Å². The van der Waals surface area contributed by atoms with Crippen molar-refractivity contribution in [2.24, 2.45) is 0 Å². The molecule has 0 fully saturated rings. The number of benzene rings is 2. The Labute approximate surface area is 158 Å². The fourth-order valence-electron chi connectivity index (χ4n) is 3.80. The fourth-order valence-corrected chi connectivity index (χ4v) is 3.80. The number of fused-ring (bicyclic) bond motifs is 4. The van der Waals surface area contributed by atoms with Gasteiger partial charge in [0.25, 0.3) is 11.6 Å². The third-order valence-electron chi connectivity index (χ3n) is 5.09. The van der Waals surface area contributed by atoms with Gasteiger partial charge in [-0.3, -0.25) is 24.3 Å². The van der Waals surface area contributed by atoms with Crippen molar-refractivity contribution in [2.45, 2.75) is 6.54 Å². The lowest BCUT2D eigenvalue weighted by atomic mass is 10.1. The minimum Gasteiger partial charge on any atom is -0.334 e. The highest BCUT2D eigenvalue weighted by Crippen LogP contribution is 2.33. The first kappa shape index (κ1) is 16.2. The van der Waals surface area contributed by atoms with Gasteiger partial charge in [-0.1, -0.05) is 24.3 Å². The van der Waals surface area contributed by atoms with Crippen molar-refractivity contribution in [2.75, 3.05) is 0 Å². The number of rotatable bonds is 3. The number of para-hydroxylation sites is 1. The number of hydrogen-bond donors (Lipinski definition) is 0. The summed E-state index contributed by atoms with van der Waals surface area (Å²) in [6.07, 6.45) is 1.65. The van der Waals surface area contributed by atoms with Gasteiger partial charge in [-0.25, -0.2) is 0 Å². The molecule has 0 radical (unpaired) electrons. The lowest BCUT2D eigenvalue weighted by Crippen LogP contribution is -2.20. The molecule has 0 amide bonds. The normalized spacial score (nSPS) is 12.2. The van der Waals surface area contributed by atoms with Crippen LogP contribution in [0.15, 0.2) is 71.7 Å². The van der Waals surface area contributed by atoms with Crippen LogP contribution in [0, 0.1) is 10.1 Å². The van der Waals surface area contributed by atoms with E-state index in [0.29, 0.717) is 28.8 Å². The molecule has 0 unspecified atom stereocenters. The third kappa shape index (κ3) is 2.16. The molecule has 28 heavy (non-hydrogen) atoms. The highest BCUT2D eigenvalue weighted by atomic mass is 16.6. The van der Waals surface area contributed by atoms with Gasteiger partial charge in [0.2, 0.25) is 5.43 Å². The first-order valence-electron chi connectivity index (χ1n) is 8.67. The van der Waals surface area contributed by atoms with Crippen molar-refractivity contribution in [3.05, 3.63) is 98.3 Å². The van der Waals surface area contributed by atoms with Crippen molar-refractivity contribution in [1.82, 2.24) is 9.13 Å². The minimum atomic E-state index is -0.443. The summed E-state index contributed by atoms with van der Waals surface area (Å²) in [5, 5.41) is 11.4. The molecule has 0 aliphatic carbocycles. The lowest BCUT2D eigenvalue weighted by Gasteiger charge is -2.16. The van der Waals surface area contributed by atoms with Crippen LogP contribution in [0.1, 0.15) is 15.9 Å². The number of hydrogen-bond acceptors (Lipinski definition) is 4. The third-order valence-corrected chi connectivity index (χ3v) is 5.09. The molecule has 7 nitrogen and oxygen atoms in total. The van der Waals surface area contributed by atoms with E-state index >= 15 is 0 Å². The molecule has 3 heterocycles. The molecule has 2 aromatic carbocycles. The quantitative estimate of drug-likeness (QED) is 0.359. The Bertz CT molecular complexity index is 1350. The van der Waals surface area contributed by atoms with Gasteiger partial charge in [0.05, 0.1) is 21.8 Å². The van der Waals surface area contributed by atoms with Gasteiger partial charge in [0.15, 0.2) is 0 Å². The molecule has 5 rings (SSSR count). The second-order valence-electron chi connectivity index (χ2n) is 6.65. The van der Waals surface area contributed by atoms with Crippen LogP contribution in [-0.2, 0) is 6.54 Å². The van der Waals surface area contributed by atoms with Crippen molar-refractivity contribution < 1.29 is 9.72 Å². The number of non-ortho nitro benzene ring substituents is 1. The van der Waals surface area contributed by atoms with Gasteiger partial charge in [-0.05, 0) is 29.8 Å². The van der Waals surface area contributed by atoms with E-state index in [2.05, 4.69) is 0 Å². The molecule has 4 aromatic rings. The maximum absolute atomic E-state index is 13.0. The molecular formula is C21H13N3O4. The average molecular weight is 371 g/mol. The first-order valence-corrected chi connectivity index (χ1v) is 8.67. The van der Waals surface area contributed by atoms with Crippen molar-refractivity contribution in [3.63, 3.8) is 0 Å². The summed E-state index contributed by atoms with van der Waals surface area (Å²) in [5.74, 6) is -0.330. The summed E-state index contributed by atoms with van der Waals surface area (Å²) in [6, 6.07) is 17.0. The van der Waals surface area contributed by atoms with E-state index in [1.165, 1.54) is 16.7 Å². The van der Waals surface area contributed by atoms with Gasteiger partial charge >= 0.3 is 0 Å². The summed E-state index contributed by atoms with van der Waals surface area (Å²) in [4.78, 5) is 36.3. The van der Waals surface area contributed by atoms with E-state index in [9.17, 15) is 19.7 Å². The Morgan fingerprint density at radius 2 is 1.68 bits per heavy atom. The van der Waals surface area contributed by atoms with Crippen LogP contribution in [0.4, 0.5) is 5.69 Å². The monoisotopic (exact) mass is 371 g/mol. The second kappa shape index (κ2) is 5.75. The Morgan fingerprint density at radius 3 is 2.43 bits per heavy atom. The Balaban J connectivity index is 1.78. The van der Waals surface area contributed by atoms with Gasteiger partial charge in [-0.2, -0.15) is 0 Å². The number of nitro groups is 1. The number of carbonyl (C=O) groups excluding carboxylic acids is 1. The summed E-state index contributed by atoms with van der Waals surface area (Å²) >= 11 is 0. The number of nitrogens with zero attached hydrogens (tertiary/aromatic N) is 3. The molecule has 7 heteroatoms. The van der Waals surface area contributed by atoms with Crippen LogP contribution in [0.3, 0.4) is 0 Å². The zero-order valence-corrected chi connectivity index (χ0v) is 14.5. The Hall–Kier alpha value is -4.00. The van der Waals surface area contributed by atoms with Crippen molar-refractivity contribution >= 4 is 22.5 Å². The molecule has 136 valence electrons. The summed E-state index contributed by atoms with van der Waals surface area (Å²) in [7, 11) is 0. The molecule has 1 aliphatic rings. The smallest absolute Gasteiger partial charge is 0.269 e. The van der Waals surface area contributed by atoms with Gasteiger partial charge in [-0.15, -0.1) is 0 Å². The molecule has 0 saturated heterocycles. The lowest BCUT2D eigenvalue weighted by molar-refractivity contribution is -0.384. The van der Waals surface area contributed by atoms with Gasteiger partial charge < -0.3 is 4.57 Å². The van der Waals surface area contributed by atoms with Crippen LogP contribution in [0.25, 0.3) is 22.3 Å². The largest absolute Gasteiger partial charge is 0.334 e. The number of pyridine rings is 1. The van der Waals surface area contributed by atoms with E-state index in [4.69, 9.17) is 0 Å². The fraction of sp³-hybridized carbons (Fsp3) is 0.0476. The van der Waals surface area contributed by atoms with Crippen LogP contribution < -0.4 is 5.43 Å². The van der Waals surface area contributed by atoms with E-state index in [0.717, 1.165) is 5.56 Å². The highest BCUT2D eigenvalue weighted by Gasteiger charge is 2.32. The van der Waals surface area contributed by atoms with Crippen LogP contribution in [0.5, 0.6) is 0 Å². The van der Waals surface area contributed by atoms with E-state index in [1.807, 2.05) is 22.8 Å². The maximum Gasteiger partial charge on any atom is 0.269 e. The van der Waals surface area contributed by atoms with Crippen LogP contribution in [-0.4, -0.2) is 20.0 Å². The maximum atomic E-state index is 13.0. The van der Waals surface area contributed by atoms with Crippen LogP contribution >= 0.6 is 0 Å². The standard InChI is InChI=1S/C21H13N3O4/c25-20-15-4-1-2-5-16(15)23(12-13-7-9-14(10-8-13)24(27)28)19-17-6-3-11-22(17)21(26)18(19)20/h1-11H,12H2. The van der Waals surface area contributed by atoms with E-state index in [-0.39, 0.29) is 22.6 Å². The number of aromatic nitrogens is 2. The molecule has 0 atom stereocenters. The summed E-state index contributed by atoms with van der Waals surface area (Å²) in [5.41, 5.74) is 2.70. The van der Waals surface area contributed by atoms with Crippen LogP contribution in [0.2, 0.25) is 0 Å². The van der Waals surface area contributed by atoms with Crippen molar-refractivity contribution in [1.29, 1.82) is 0 Å². The zero-order chi connectivity index (χ0) is 19.4. The SMILES string of the molecule is O=C1c2c(n(Cc3ccc([N+](=O)[O-])cc3)c3ccccc3c2=O)-c2cccn21. The van der Waals surface area contributed by atoms with Gasteiger partial charge in [0.1, 0.15) is 5.56 Å². The predicted molar refractivity (Wildman–Crippen MR) is 104 cm³/mol. The Morgan fingerprint density at radius 1 is 0.929 bits per heavy atom. The topological polar surface area (TPSA) is 87.1 Å². The van der Waals surface area contributed by atoms with E-state index < -0.39 is 4.92 Å². The first-order chi connectivity index (χ1) is 13.6.